The average Bonchev–Trinajstić information content (AvgIpc) is 2.20. The lowest BCUT2D eigenvalue weighted by Crippen LogP contribution is -2.23. The molecule has 0 bridgehead atoms. The molecular weight excluding hydrogens is 206 g/mol. The molecule has 0 heterocycles. The quantitative estimate of drug-likeness (QED) is 0.806. The molecule has 1 N–H and O–H groups in total. The Morgan fingerprint density at radius 1 is 1.20 bits per heavy atom. The van der Waals surface area contributed by atoms with Crippen molar-refractivity contribution in [2.45, 2.75) is 27.3 Å². The lowest BCUT2D eigenvalue weighted by Gasteiger charge is -2.16. The van der Waals surface area contributed by atoms with Gasteiger partial charge in [-0.15, -0.1) is 0 Å². The van der Waals surface area contributed by atoms with Crippen LogP contribution in [0.15, 0.2) is 24.3 Å². The maximum atomic E-state index is 6.06. The number of nitrogens with one attached hydrogen (secondary N) is 1. The van der Waals surface area contributed by atoms with Crippen molar-refractivity contribution in [2.75, 3.05) is 6.54 Å². The monoisotopic (exact) mass is 225 g/mol. The topological polar surface area (TPSA) is 12.0 Å². The Morgan fingerprint density at radius 3 is 2.47 bits per heavy atom. The summed E-state index contributed by atoms with van der Waals surface area (Å²) in [5.41, 5.74) is 1.18. The van der Waals surface area contributed by atoms with Crippen LogP contribution in [0, 0.1) is 11.8 Å². The van der Waals surface area contributed by atoms with E-state index >= 15 is 0 Å². The van der Waals surface area contributed by atoms with Crippen LogP contribution in [0.1, 0.15) is 26.3 Å². The molecule has 0 aliphatic heterocycles. The summed E-state index contributed by atoms with van der Waals surface area (Å²) in [5.74, 6) is 1.43. The van der Waals surface area contributed by atoms with Crippen molar-refractivity contribution < 1.29 is 0 Å². The fourth-order valence-corrected chi connectivity index (χ4v) is 1.51. The van der Waals surface area contributed by atoms with E-state index < -0.39 is 0 Å². The van der Waals surface area contributed by atoms with Crippen LogP contribution < -0.4 is 5.32 Å². The van der Waals surface area contributed by atoms with Gasteiger partial charge in [0.15, 0.2) is 0 Å². The van der Waals surface area contributed by atoms with Crippen LogP contribution in [0.2, 0.25) is 5.02 Å². The van der Waals surface area contributed by atoms with Gasteiger partial charge >= 0.3 is 0 Å². The first-order valence-corrected chi connectivity index (χ1v) is 5.93. The van der Waals surface area contributed by atoms with Crippen LogP contribution in [0.4, 0.5) is 0 Å². The van der Waals surface area contributed by atoms with Crippen molar-refractivity contribution >= 4 is 11.6 Å². The van der Waals surface area contributed by atoms with Crippen molar-refractivity contribution in [2.24, 2.45) is 11.8 Å². The zero-order chi connectivity index (χ0) is 11.3. The summed E-state index contributed by atoms with van der Waals surface area (Å²) in [4.78, 5) is 0. The van der Waals surface area contributed by atoms with Gasteiger partial charge in [0.25, 0.3) is 0 Å². The van der Waals surface area contributed by atoms with E-state index in [-0.39, 0.29) is 0 Å². The number of benzene rings is 1. The maximum absolute atomic E-state index is 6.06. The van der Waals surface area contributed by atoms with E-state index in [2.05, 4.69) is 32.2 Å². The minimum atomic E-state index is 0.701. The Morgan fingerprint density at radius 2 is 1.87 bits per heavy atom. The SMILES string of the molecule is CC(C)C(C)CNCc1ccccc1Cl. The third-order valence-electron chi connectivity index (χ3n) is 2.88. The highest BCUT2D eigenvalue weighted by molar-refractivity contribution is 6.31. The van der Waals surface area contributed by atoms with Crippen LogP contribution in [0.5, 0.6) is 0 Å². The number of hydrogen-bond acceptors (Lipinski definition) is 1. The molecule has 0 aliphatic carbocycles. The molecule has 1 unspecified atom stereocenters. The summed E-state index contributed by atoms with van der Waals surface area (Å²) in [7, 11) is 0. The van der Waals surface area contributed by atoms with Crippen molar-refractivity contribution in [3.05, 3.63) is 34.9 Å². The zero-order valence-corrected chi connectivity index (χ0v) is 10.5. The molecule has 0 fully saturated rings. The second-order valence-corrected chi connectivity index (χ2v) is 4.85. The molecule has 1 aromatic rings. The first-order chi connectivity index (χ1) is 7.11. The highest BCUT2D eigenvalue weighted by Crippen LogP contribution is 2.14. The maximum Gasteiger partial charge on any atom is 0.0450 e. The lowest BCUT2D eigenvalue weighted by atomic mass is 9.98. The van der Waals surface area contributed by atoms with Crippen LogP contribution >= 0.6 is 11.6 Å². The molecule has 0 radical (unpaired) electrons. The van der Waals surface area contributed by atoms with E-state index in [0.29, 0.717) is 5.92 Å². The van der Waals surface area contributed by atoms with Gasteiger partial charge < -0.3 is 5.32 Å². The van der Waals surface area contributed by atoms with Crippen LogP contribution in [-0.2, 0) is 6.54 Å². The van der Waals surface area contributed by atoms with Gasteiger partial charge in [0.1, 0.15) is 0 Å². The van der Waals surface area contributed by atoms with Crippen LogP contribution in [-0.4, -0.2) is 6.54 Å². The predicted molar refractivity (Wildman–Crippen MR) is 67.2 cm³/mol. The summed E-state index contributed by atoms with van der Waals surface area (Å²) in [6, 6.07) is 7.98. The fraction of sp³-hybridized carbons (Fsp3) is 0.538. The standard InChI is InChI=1S/C13H20ClN/c1-10(2)11(3)8-15-9-12-6-4-5-7-13(12)14/h4-7,10-11,15H,8-9H2,1-3H3. The second kappa shape index (κ2) is 6.14. The van der Waals surface area contributed by atoms with Gasteiger partial charge in [0, 0.05) is 11.6 Å². The first-order valence-electron chi connectivity index (χ1n) is 5.55. The Bertz CT molecular complexity index is 296. The summed E-state index contributed by atoms with van der Waals surface area (Å²) in [6.07, 6.45) is 0. The van der Waals surface area contributed by atoms with E-state index in [9.17, 15) is 0 Å². The van der Waals surface area contributed by atoms with Crippen molar-refractivity contribution in [1.29, 1.82) is 0 Å². The Labute approximate surface area is 97.8 Å². The summed E-state index contributed by atoms with van der Waals surface area (Å²) < 4.78 is 0. The predicted octanol–water partition coefficient (Wildman–Crippen LogP) is 3.72. The Kier molecular flexibility index (Phi) is 5.13. The van der Waals surface area contributed by atoms with E-state index in [1.54, 1.807) is 0 Å². The molecule has 15 heavy (non-hydrogen) atoms. The van der Waals surface area contributed by atoms with Gasteiger partial charge in [0.05, 0.1) is 0 Å². The molecule has 84 valence electrons. The molecule has 2 heteroatoms. The molecule has 1 aromatic carbocycles. The van der Waals surface area contributed by atoms with Gasteiger partial charge in [-0.1, -0.05) is 50.6 Å². The summed E-state index contributed by atoms with van der Waals surface area (Å²) in [6.45, 7) is 8.67. The van der Waals surface area contributed by atoms with E-state index in [4.69, 9.17) is 11.6 Å². The smallest absolute Gasteiger partial charge is 0.0450 e. The van der Waals surface area contributed by atoms with Gasteiger partial charge in [-0.2, -0.15) is 0 Å². The van der Waals surface area contributed by atoms with E-state index in [0.717, 1.165) is 24.0 Å². The van der Waals surface area contributed by atoms with Crippen molar-refractivity contribution in [3.8, 4) is 0 Å². The van der Waals surface area contributed by atoms with Gasteiger partial charge in [-0.3, -0.25) is 0 Å². The molecular formula is C13H20ClN. The Hall–Kier alpha value is -0.530. The van der Waals surface area contributed by atoms with Gasteiger partial charge in [-0.05, 0) is 30.0 Å². The van der Waals surface area contributed by atoms with Crippen molar-refractivity contribution in [3.63, 3.8) is 0 Å². The highest BCUT2D eigenvalue weighted by atomic mass is 35.5. The molecule has 1 rings (SSSR count). The highest BCUT2D eigenvalue weighted by Gasteiger charge is 2.06. The summed E-state index contributed by atoms with van der Waals surface area (Å²) in [5, 5.41) is 4.29. The number of rotatable bonds is 5. The van der Waals surface area contributed by atoms with Gasteiger partial charge in [0.2, 0.25) is 0 Å². The summed E-state index contributed by atoms with van der Waals surface area (Å²) >= 11 is 6.06. The van der Waals surface area contributed by atoms with Crippen LogP contribution in [0.3, 0.4) is 0 Å². The lowest BCUT2D eigenvalue weighted by molar-refractivity contribution is 0.392. The van der Waals surface area contributed by atoms with E-state index in [1.807, 2.05) is 18.2 Å². The molecule has 0 spiro atoms. The molecule has 0 saturated heterocycles. The minimum Gasteiger partial charge on any atom is -0.312 e. The Balaban J connectivity index is 2.35. The normalized spacial score (nSPS) is 13.1. The third kappa shape index (κ3) is 4.23. The fourth-order valence-electron chi connectivity index (χ4n) is 1.31. The first kappa shape index (κ1) is 12.5. The molecule has 0 aromatic heterocycles. The largest absolute Gasteiger partial charge is 0.312 e. The number of halogens is 1. The molecule has 0 amide bonds. The average molecular weight is 226 g/mol. The van der Waals surface area contributed by atoms with Crippen LogP contribution in [0.25, 0.3) is 0 Å². The zero-order valence-electron chi connectivity index (χ0n) is 9.76. The molecule has 1 nitrogen and oxygen atoms in total. The van der Waals surface area contributed by atoms with Crippen molar-refractivity contribution in [1.82, 2.24) is 5.32 Å². The second-order valence-electron chi connectivity index (χ2n) is 4.44. The molecule has 0 aliphatic rings. The number of hydrogen-bond donors (Lipinski definition) is 1. The minimum absolute atomic E-state index is 0.701. The van der Waals surface area contributed by atoms with Gasteiger partial charge in [-0.25, -0.2) is 0 Å². The molecule has 0 saturated carbocycles. The molecule has 1 atom stereocenters. The van der Waals surface area contributed by atoms with E-state index in [1.165, 1.54) is 5.56 Å². The third-order valence-corrected chi connectivity index (χ3v) is 3.25.